The van der Waals surface area contributed by atoms with Crippen LogP contribution in [0.25, 0.3) is 0 Å². The molecule has 7 heteroatoms. The van der Waals surface area contributed by atoms with E-state index in [1.54, 1.807) is 0 Å². The zero-order valence-corrected chi connectivity index (χ0v) is 20.4. The fourth-order valence-electron chi connectivity index (χ4n) is 1.97. The van der Waals surface area contributed by atoms with Crippen molar-refractivity contribution in [1.29, 1.82) is 0 Å². The van der Waals surface area contributed by atoms with E-state index in [9.17, 15) is 9.59 Å². The largest absolute Gasteiger partial charge is 0.349 e. The van der Waals surface area contributed by atoms with Crippen LogP contribution < -0.4 is 10.6 Å². The van der Waals surface area contributed by atoms with Crippen molar-refractivity contribution in [2.45, 2.75) is 61.2 Å². The Hall–Kier alpha value is -1.02. The molecule has 0 saturated heterocycles. The first kappa shape index (κ1) is 31.7. The number of quaternary nitrogens is 1. The van der Waals surface area contributed by atoms with Crippen molar-refractivity contribution < 1.29 is 23.5 Å². The maximum absolute atomic E-state index is 11.9. The molecule has 7 nitrogen and oxygen atoms in total. The van der Waals surface area contributed by atoms with Crippen molar-refractivity contribution >= 4 is 12.2 Å². The third-order valence-corrected chi connectivity index (χ3v) is 4.03. The quantitative estimate of drug-likeness (QED) is 0.225. The summed E-state index contributed by atoms with van der Waals surface area (Å²) in [5, 5.41) is 5.87. The van der Waals surface area contributed by atoms with E-state index in [-0.39, 0.29) is 17.9 Å². The molecule has 1 atom stereocenters. The lowest BCUT2D eigenvalue weighted by Crippen LogP contribution is -2.50. The van der Waals surface area contributed by atoms with E-state index in [4.69, 9.17) is 9.47 Å². The van der Waals surface area contributed by atoms with Gasteiger partial charge in [-0.2, -0.15) is 0 Å². The Morgan fingerprint density at radius 2 is 1.43 bits per heavy atom. The maximum Gasteiger partial charge on any atom is 0.275 e. The van der Waals surface area contributed by atoms with Gasteiger partial charge in [0.2, 0.25) is 0 Å². The first-order valence-corrected chi connectivity index (χ1v) is 10.4. The summed E-state index contributed by atoms with van der Waals surface area (Å²) in [7, 11) is 5.56. The molecule has 1 unspecified atom stereocenters. The standard InChI is InChI=1S/C17H35N3O4.2C2H6/c1-16(2,3)17(4,23-12-8-18-5)24-13-9-19-15(22)14-20(6,7)10-11-21;2*1-2/h11,18H,8-10,12-14H2,1-7H3;2*1-2H3/p+1. The van der Waals surface area contributed by atoms with Crippen molar-refractivity contribution in [3.63, 3.8) is 0 Å². The molecule has 28 heavy (non-hydrogen) atoms. The summed E-state index contributed by atoms with van der Waals surface area (Å²) in [6.07, 6.45) is 0.827. The Morgan fingerprint density at radius 3 is 1.82 bits per heavy atom. The minimum atomic E-state index is -0.735. The molecule has 0 aromatic carbocycles. The van der Waals surface area contributed by atoms with Crippen molar-refractivity contribution in [3.8, 4) is 0 Å². The monoisotopic (exact) mass is 406 g/mol. The zero-order chi connectivity index (χ0) is 22.9. The van der Waals surface area contributed by atoms with Crippen LogP contribution in [0.4, 0.5) is 0 Å². The highest BCUT2D eigenvalue weighted by molar-refractivity contribution is 5.77. The number of aldehydes is 1. The summed E-state index contributed by atoms with van der Waals surface area (Å²) >= 11 is 0. The van der Waals surface area contributed by atoms with Gasteiger partial charge < -0.3 is 24.6 Å². The van der Waals surface area contributed by atoms with Crippen molar-refractivity contribution in [2.24, 2.45) is 5.41 Å². The molecule has 0 heterocycles. The van der Waals surface area contributed by atoms with Crippen LogP contribution in [0.2, 0.25) is 0 Å². The molecule has 0 spiro atoms. The number of carbonyl (C=O) groups is 2. The molecule has 0 radical (unpaired) electrons. The Kier molecular flexibility index (Phi) is 19.1. The highest BCUT2D eigenvalue weighted by Gasteiger charge is 2.39. The van der Waals surface area contributed by atoms with E-state index in [0.29, 0.717) is 30.8 Å². The third-order valence-electron chi connectivity index (χ3n) is 4.03. The summed E-state index contributed by atoms with van der Waals surface area (Å²) in [4.78, 5) is 22.5. The van der Waals surface area contributed by atoms with Crippen LogP contribution in [0.5, 0.6) is 0 Å². The lowest BCUT2D eigenvalue weighted by molar-refractivity contribution is -0.873. The fraction of sp³-hybridized carbons (Fsp3) is 0.905. The van der Waals surface area contributed by atoms with Crippen LogP contribution in [0, 0.1) is 5.41 Å². The molecular formula is C21H48N3O4+. The van der Waals surface area contributed by atoms with Crippen LogP contribution in [0.15, 0.2) is 0 Å². The highest BCUT2D eigenvalue weighted by Crippen LogP contribution is 2.34. The predicted octanol–water partition coefficient (Wildman–Crippen LogP) is 2.45. The third kappa shape index (κ3) is 15.0. The zero-order valence-electron chi connectivity index (χ0n) is 20.4. The highest BCUT2D eigenvalue weighted by atomic mass is 16.7. The Bertz CT molecular complexity index is 396. The number of likely N-dealkylation sites (N-methyl/N-ethyl adjacent to an activating group) is 2. The number of amides is 1. The minimum Gasteiger partial charge on any atom is -0.349 e. The van der Waals surface area contributed by atoms with Gasteiger partial charge in [-0.1, -0.05) is 48.5 Å². The van der Waals surface area contributed by atoms with E-state index in [2.05, 4.69) is 31.4 Å². The Morgan fingerprint density at radius 1 is 0.964 bits per heavy atom. The van der Waals surface area contributed by atoms with E-state index in [1.807, 2.05) is 55.8 Å². The second kappa shape index (κ2) is 16.9. The second-order valence-electron chi connectivity index (χ2n) is 7.79. The molecular weight excluding hydrogens is 358 g/mol. The number of carbonyl (C=O) groups excluding carboxylic acids is 2. The van der Waals surface area contributed by atoms with Gasteiger partial charge in [-0.25, -0.2) is 0 Å². The Labute approximate surface area is 174 Å². The van der Waals surface area contributed by atoms with Crippen LogP contribution in [0.3, 0.4) is 0 Å². The fourth-order valence-corrected chi connectivity index (χ4v) is 1.97. The van der Waals surface area contributed by atoms with Crippen LogP contribution >= 0.6 is 0 Å². The van der Waals surface area contributed by atoms with Crippen molar-refractivity contribution in [2.75, 3.05) is 60.5 Å². The van der Waals surface area contributed by atoms with Crippen LogP contribution in [-0.2, 0) is 19.1 Å². The molecule has 0 aromatic heterocycles. The predicted molar refractivity (Wildman–Crippen MR) is 117 cm³/mol. The SMILES string of the molecule is CC.CC.CNCCOC(C)(OCCNC(=O)C[N+](C)(C)CC=O)C(C)(C)C. The van der Waals surface area contributed by atoms with Gasteiger partial charge in [0.05, 0.1) is 27.3 Å². The topological polar surface area (TPSA) is 76.7 Å². The second-order valence-corrected chi connectivity index (χ2v) is 7.79. The van der Waals surface area contributed by atoms with Gasteiger partial charge in [-0.15, -0.1) is 0 Å². The van der Waals surface area contributed by atoms with E-state index < -0.39 is 5.79 Å². The summed E-state index contributed by atoms with van der Waals surface area (Å²) in [6.45, 7) is 18.7. The first-order chi connectivity index (χ1) is 13.0. The number of ether oxygens (including phenoxy) is 2. The van der Waals surface area contributed by atoms with E-state index in [0.717, 1.165) is 12.8 Å². The molecule has 2 N–H and O–H groups in total. The lowest BCUT2D eigenvalue weighted by Gasteiger charge is -2.41. The van der Waals surface area contributed by atoms with Gasteiger partial charge in [0.1, 0.15) is 6.54 Å². The van der Waals surface area contributed by atoms with Crippen molar-refractivity contribution in [3.05, 3.63) is 0 Å². The molecule has 0 bridgehead atoms. The van der Waals surface area contributed by atoms with E-state index >= 15 is 0 Å². The number of nitrogens with one attached hydrogen (secondary N) is 2. The maximum atomic E-state index is 11.9. The first-order valence-electron chi connectivity index (χ1n) is 10.4. The molecule has 170 valence electrons. The molecule has 0 aliphatic heterocycles. The molecule has 0 saturated carbocycles. The smallest absolute Gasteiger partial charge is 0.275 e. The van der Waals surface area contributed by atoms with Crippen molar-refractivity contribution in [1.82, 2.24) is 10.6 Å². The number of nitrogens with zero attached hydrogens (tertiary/aromatic N) is 1. The summed E-state index contributed by atoms with van der Waals surface area (Å²) < 4.78 is 12.2. The summed E-state index contributed by atoms with van der Waals surface area (Å²) in [5.74, 6) is -0.833. The number of hydrogen-bond acceptors (Lipinski definition) is 5. The molecule has 0 aliphatic carbocycles. The van der Waals surface area contributed by atoms with Gasteiger partial charge in [0.25, 0.3) is 5.91 Å². The number of hydrogen-bond donors (Lipinski definition) is 2. The number of rotatable bonds is 12. The van der Waals surface area contributed by atoms with Gasteiger partial charge in [0.15, 0.2) is 18.6 Å². The van der Waals surface area contributed by atoms with E-state index in [1.165, 1.54) is 0 Å². The van der Waals surface area contributed by atoms with Crippen LogP contribution in [-0.4, -0.2) is 83.0 Å². The average Bonchev–Trinajstić information content (AvgIpc) is 2.61. The molecule has 1 amide bonds. The average molecular weight is 407 g/mol. The summed E-state index contributed by atoms with van der Waals surface area (Å²) in [5.41, 5.74) is -0.201. The summed E-state index contributed by atoms with van der Waals surface area (Å²) in [6, 6.07) is 0. The minimum absolute atomic E-state index is 0.0981. The Balaban J connectivity index is -0.00000146. The van der Waals surface area contributed by atoms with Gasteiger partial charge >= 0.3 is 0 Å². The lowest BCUT2D eigenvalue weighted by atomic mass is 9.86. The van der Waals surface area contributed by atoms with Crippen LogP contribution in [0.1, 0.15) is 55.4 Å². The molecule has 0 rings (SSSR count). The normalized spacial score (nSPS) is 13.2. The molecule has 0 aliphatic rings. The van der Waals surface area contributed by atoms with Gasteiger partial charge in [0, 0.05) is 18.5 Å². The molecule has 0 fully saturated rings. The van der Waals surface area contributed by atoms with Gasteiger partial charge in [-0.05, 0) is 14.0 Å². The van der Waals surface area contributed by atoms with Gasteiger partial charge in [-0.3, -0.25) is 9.59 Å². The molecule has 0 aromatic rings.